The number of piperazine rings is 1. The lowest BCUT2D eigenvalue weighted by molar-refractivity contribution is 0.0459. The van der Waals surface area contributed by atoms with E-state index in [0.29, 0.717) is 31.7 Å². The Morgan fingerprint density at radius 1 is 1.07 bits per heavy atom. The maximum Gasteiger partial charge on any atom is 0.261 e. The summed E-state index contributed by atoms with van der Waals surface area (Å²) in [6.45, 7) is 1.16. The third-order valence-corrected chi connectivity index (χ3v) is 6.47. The van der Waals surface area contributed by atoms with Crippen molar-refractivity contribution in [3.05, 3.63) is 58.6 Å². The molecule has 10 heteroatoms. The molecule has 1 fully saturated rings. The van der Waals surface area contributed by atoms with E-state index in [1.165, 1.54) is 18.2 Å². The van der Waals surface area contributed by atoms with Crippen LogP contribution >= 0.6 is 15.9 Å². The molecule has 1 saturated heterocycles. The number of carbonyl (C=O) groups excluding carboxylic acids is 1. The molecule has 0 radical (unpaired) electrons. The Morgan fingerprint density at radius 2 is 1.72 bits per heavy atom. The number of hydrogen-bond acceptors (Lipinski definition) is 4. The Morgan fingerprint density at radius 3 is 2.34 bits per heavy atom. The van der Waals surface area contributed by atoms with E-state index >= 15 is 0 Å². The molecular weight excluding hydrogens is 468 g/mol. The van der Waals surface area contributed by atoms with Gasteiger partial charge in [0.15, 0.2) is 0 Å². The lowest BCUT2D eigenvalue weighted by Gasteiger charge is -2.34. The number of sulfonamides is 1. The van der Waals surface area contributed by atoms with Crippen LogP contribution in [-0.4, -0.2) is 63.3 Å². The van der Waals surface area contributed by atoms with E-state index in [4.69, 9.17) is 0 Å². The zero-order valence-corrected chi connectivity index (χ0v) is 17.8. The first-order valence-corrected chi connectivity index (χ1v) is 11.2. The van der Waals surface area contributed by atoms with E-state index in [9.17, 15) is 22.0 Å². The second-order valence-electron chi connectivity index (χ2n) is 6.62. The summed E-state index contributed by atoms with van der Waals surface area (Å²) in [5, 5.41) is 0. The highest BCUT2D eigenvalue weighted by molar-refractivity contribution is 9.10. The number of alkyl halides is 2. The zero-order chi connectivity index (χ0) is 21.0. The average molecular weight is 488 g/mol. The Labute approximate surface area is 176 Å². The van der Waals surface area contributed by atoms with Gasteiger partial charge < -0.3 is 4.90 Å². The van der Waals surface area contributed by atoms with Crippen molar-refractivity contribution in [3.63, 3.8) is 0 Å². The highest BCUT2D eigenvalue weighted by Gasteiger charge is 2.24. The Hall–Kier alpha value is -2.04. The van der Waals surface area contributed by atoms with E-state index in [1.807, 2.05) is 0 Å². The van der Waals surface area contributed by atoms with Crippen molar-refractivity contribution >= 4 is 37.5 Å². The standard InChI is InChI=1S/C19H20BrF2N3O3S/c20-15-4-6-17(7-5-15)29(27,28)23-16-3-1-2-14(12-16)19(26)25-10-8-24(9-11-25)13-18(21)22/h1-7,12,18,23H,8-11,13H2. The maximum absolute atomic E-state index is 12.7. The van der Waals surface area contributed by atoms with Crippen LogP contribution in [0.5, 0.6) is 0 Å². The molecule has 29 heavy (non-hydrogen) atoms. The molecule has 1 heterocycles. The zero-order valence-electron chi connectivity index (χ0n) is 15.4. The predicted molar refractivity (Wildman–Crippen MR) is 110 cm³/mol. The number of anilines is 1. The summed E-state index contributed by atoms with van der Waals surface area (Å²) in [6.07, 6.45) is -2.40. The van der Waals surface area contributed by atoms with Gasteiger partial charge in [-0.3, -0.25) is 14.4 Å². The summed E-state index contributed by atoms with van der Waals surface area (Å²) in [4.78, 5) is 16.0. The second-order valence-corrected chi connectivity index (χ2v) is 9.22. The van der Waals surface area contributed by atoms with Crippen LogP contribution in [0.15, 0.2) is 57.9 Å². The molecule has 0 atom stereocenters. The molecule has 1 amide bonds. The quantitative estimate of drug-likeness (QED) is 0.678. The van der Waals surface area contributed by atoms with Gasteiger partial charge in [0.05, 0.1) is 11.4 Å². The molecule has 0 bridgehead atoms. The smallest absolute Gasteiger partial charge is 0.261 e. The van der Waals surface area contributed by atoms with Crippen LogP contribution in [0.3, 0.4) is 0 Å². The molecule has 0 saturated carbocycles. The van der Waals surface area contributed by atoms with Crippen LogP contribution in [0.2, 0.25) is 0 Å². The van der Waals surface area contributed by atoms with Gasteiger partial charge in [0, 0.05) is 41.9 Å². The van der Waals surface area contributed by atoms with Gasteiger partial charge in [-0.2, -0.15) is 0 Å². The molecule has 0 spiro atoms. The summed E-state index contributed by atoms with van der Waals surface area (Å²) in [6, 6.07) is 12.4. The molecule has 0 unspecified atom stereocenters. The largest absolute Gasteiger partial charge is 0.336 e. The molecular formula is C19H20BrF2N3O3S. The van der Waals surface area contributed by atoms with E-state index in [-0.39, 0.29) is 23.0 Å². The maximum atomic E-state index is 12.7. The SMILES string of the molecule is O=C(c1cccc(NS(=O)(=O)c2ccc(Br)cc2)c1)N1CCN(CC(F)F)CC1. The number of amides is 1. The average Bonchev–Trinajstić information content (AvgIpc) is 2.68. The van der Waals surface area contributed by atoms with Crippen molar-refractivity contribution in [2.45, 2.75) is 11.3 Å². The Kier molecular flexibility index (Phi) is 6.86. The number of nitrogens with one attached hydrogen (secondary N) is 1. The van der Waals surface area contributed by atoms with E-state index < -0.39 is 16.4 Å². The third kappa shape index (κ3) is 5.74. The molecule has 1 N–H and O–H groups in total. The molecule has 0 aliphatic carbocycles. The molecule has 156 valence electrons. The first kappa shape index (κ1) is 21.7. The normalized spacial score (nSPS) is 15.5. The molecule has 2 aromatic rings. The van der Waals surface area contributed by atoms with Crippen LogP contribution in [-0.2, 0) is 10.0 Å². The van der Waals surface area contributed by atoms with Crippen LogP contribution in [0.25, 0.3) is 0 Å². The highest BCUT2D eigenvalue weighted by Crippen LogP contribution is 2.20. The predicted octanol–water partition coefficient (Wildman–Crippen LogP) is 3.27. The minimum atomic E-state index is -3.79. The fraction of sp³-hybridized carbons (Fsp3) is 0.316. The minimum Gasteiger partial charge on any atom is -0.336 e. The van der Waals surface area contributed by atoms with Gasteiger partial charge in [-0.25, -0.2) is 17.2 Å². The second kappa shape index (κ2) is 9.19. The molecule has 2 aromatic carbocycles. The summed E-state index contributed by atoms with van der Waals surface area (Å²) in [5.74, 6) is -0.258. The number of hydrogen-bond donors (Lipinski definition) is 1. The van der Waals surface area contributed by atoms with Crippen molar-refractivity contribution in [2.24, 2.45) is 0 Å². The molecule has 6 nitrogen and oxygen atoms in total. The van der Waals surface area contributed by atoms with Crippen LogP contribution in [0.4, 0.5) is 14.5 Å². The van der Waals surface area contributed by atoms with Gasteiger partial charge in [-0.1, -0.05) is 22.0 Å². The van der Waals surface area contributed by atoms with Crippen LogP contribution in [0.1, 0.15) is 10.4 Å². The molecule has 0 aromatic heterocycles. The Balaban J connectivity index is 1.68. The number of carbonyl (C=O) groups is 1. The lowest BCUT2D eigenvalue weighted by atomic mass is 10.1. The topological polar surface area (TPSA) is 69.7 Å². The number of benzene rings is 2. The first-order valence-electron chi connectivity index (χ1n) is 8.93. The molecule has 1 aliphatic rings. The van der Waals surface area contributed by atoms with Crippen molar-refractivity contribution in [1.29, 1.82) is 0 Å². The fourth-order valence-electron chi connectivity index (χ4n) is 3.05. The van der Waals surface area contributed by atoms with Crippen molar-refractivity contribution in [2.75, 3.05) is 37.4 Å². The Bertz CT molecular complexity index is 963. The third-order valence-electron chi connectivity index (χ3n) is 4.54. The summed E-state index contributed by atoms with van der Waals surface area (Å²) >= 11 is 3.26. The number of halogens is 3. The van der Waals surface area contributed by atoms with E-state index in [1.54, 1.807) is 40.1 Å². The first-order chi connectivity index (χ1) is 13.7. The van der Waals surface area contributed by atoms with Gasteiger partial charge in [0.25, 0.3) is 22.4 Å². The summed E-state index contributed by atoms with van der Waals surface area (Å²) in [5.41, 5.74) is 0.610. The summed E-state index contributed by atoms with van der Waals surface area (Å²) < 4.78 is 53.3. The monoisotopic (exact) mass is 487 g/mol. The van der Waals surface area contributed by atoms with E-state index in [2.05, 4.69) is 20.7 Å². The van der Waals surface area contributed by atoms with Gasteiger partial charge in [-0.15, -0.1) is 0 Å². The van der Waals surface area contributed by atoms with E-state index in [0.717, 1.165) is 4.47 Å². The van der Waals surface area contributed by atoms with Crippen LogP contribution in [0, 0.1) is 0 Å². The number of nitrogens with zero attached hydrogens (tertiary/aromatic N) is 2. The lowest BCUT2D eigenvalue weighted by Crippen LogP contribution is -2.49. The van der Waals surface area contributed by atoms with Crippen molar-refractivity contribution in [1.82, 2.24) is 9.80 Å². The number of rotatable bonds is 6. The van der Waals surface area contributed by atoms with Gasteiger partial charge in [0.2, 0.25) is 0 Å². The van der Waals surface area contributed by atoms with Crippen LogP contribution < -0.4 is 4.72 Å². The van der Waals surface area contributed by atoms with Gasteiger partial charge >= 0.3 is 0 Å². The molecule has 1 aliphatic heterocycles. The van der Waals surface area contributed by atoms with Gasteiger partial charge in [0.1, 0.15) is 0 Å². The van der Waals surface area contributed by atoms with Crippen molar-refractivity contribution < 1.29 is 22.0 Å². The highest BCUT2D eigenvalue weighted by atomic mass is 79.9. The van der Waals surface area contributed by atoms with Gasteiger partial charge in [-0.05, 0) is 42.5 Å². The molecule has 3 rings (SSSR count). The minimum absolute atomic E-state index is 0.104. The van der Waals surface area contributed by atoms with Crippen molar-refractivity contribution in [3.8, 4) is 0 Å². The summed E-state index contributed by atoms with van der Waals surface area (Å²) in [7, 11) is -3.79. The fourth-order valence-corrected chi connectivity index (χ4v) is 4.37.